The Hall–Kier alpha value is -3.92. The Balaban J connectivity index is 1.59. The fraction of sp³-hybridized carbons (Fsp3) is 0.0769. The topological polar surface area (TPSA) is 55.4 Å². The summed E-state index contributed by atoms with van der Waals surface area (Å²) < 4.78 is 5.75. The van der Waals surface area contributed by atoms with Crippen molar-refractivity contribution in [2.24, 2.45) is 0 Å². The molecule has 4 aromatic rings. The summed E-state index contributed by atoms with van der Waals surface area (Å²) in [6.45, 7) is 0. The second-order valence-electron chi connectivity index (χ2n) is 6.98. The molecular weight excluding hydrogens is 374 g/mol. The van der Waals surface area contributed by atoms with Gasteiger partial charge < -0.3 is 10.1 Å². The Morgan fingerprint density at radius 2 is 1.37 bits per heavy atom. The van der Waals surface area contributed by atoms with Crippen LogP contribution < -0.4 is 10.1 Å². The predicted octanol–water partition coefficient (Wildman–Crippen LogP) is 4.79. The molecule has 0 aliphatic rings. The van der Waals surface area contributed by atoms with E-state index in [0.29, 0.717) is 17.7 Å². The minimum atomic E-state index is -0.820. The summed E-state index contributed by atoms with van der Waals surface area (Å²) in [5, 5.41) is 4.67. The first kappa shape index (κ1) is 19.4. The van der Waals surface area contributed by atoms with Gasteiger partial charge in [0.15, 0.2) is 0 Å². The van der Waals surface area contributed by atoms with Gasteiger partial charge in [0.25, 0.3) is 5.91 Å². The Morgan fingerprint density at radius 1 is 0.733 bits per heavy atom. The maximum absolute atomic E-state index is 13.1. The van der Waals surface area contributed by atoms with Gasteiger partial charge in [0, 0.05) is 17.4 Å². The largest absolute Gasteiger partial charge is 0.424 e. The lowest BCUT2D eigenvalue weighted by Gasteiger charge is -2.18. The number of ether oxygens (including phenoxy) is 1. The van der Waals surface area contributed by atoms with Crippen LogP contribution in [0.4, 0.5) is 0 Å². The van der Waals surface area contributed by atoms with Gasteiger partial charge in [-0.15, -0.1) is 0 Å². The van der Waals surface area contributed by atoms with Crippen molar-refractivity contribution in [1.29, 1.82) is 0 Å². The van der Waals surface area contributed by atoms with Crippen LogP contribution in [-0.4, -0.2) is 17.9 Å². The Bertz CT molecular complexity index is 1150. The summed E-state index contributed by atoms with van der Waals surface area (Å²) in [6, 6.07) is 30.9. The third kappa shape index (κ3) is 4.55. The van der Waals surface area contributed by atoms with Crippen LogP contribution in [-0.2, 0) is 11.2 Å². The molecule has 1 atom stereocenters. The summed E-state index contributed by atoms with van der Waals surface area (Å²) >= 11 is 0. The molecule has 0 bridgehead atoms. The van der Waals surface area contributed by atoms with Crippen molar-refractivity contribution in [2.45, 2.75) is 12.5 Å². The van der Waals surface area contributed by atoms with E-state index in [1.54, 1.807) is 30.3 Å². The number of nitrogens with one attached hydrogen (secondary N) is 1. The summed E-state index contributed by atoms with van der Waals surface area (Å²) in [6.07, 6.45) is 0.336. The van der Waals surface area contributed by atoms with Gasteiger partial charge in [-0.25, -0.2) is 4.79 Å². The zero-order chi connectivity index (χ0) is 20.8. The van der Waals surface area contributed by atoms with E-state index < -0.39 is 12.0 Å². The van der Waals surface area contributed by atoms with Gasteiger partial charge in [0.05, 0.1) is 0 Å². The second-order valence-corrected chi connectivity index (χ2v) is 6.98. The molecule has 1 N–H and O–H groups in total. The van der Waals surface area contributed by atoms with Crippen LogP contribution in [0.25, 0.3) is 10.8 Å². The van der Waals surface area contributed by atoms with Crippen molar-refractivity contribution in [3.63, 3.8) is 0 Å². The van der Waals surface area contributed by atoms with Crippen LogP contribution in [0.1, 0.15) is 15.9 Å². The predicted molar refractivity (Wildman–Crippen MR) is 117 cm³/mol. The average Bonchev–Trinajstić information content (AvgIpc) is 2.80. The van der Waals surface area contributed by atoms with Crippen LogP contribution in [0, 0.1) is 0 Å². The molecule has 4 rings (SSSR count). The van der Waals surface area contributed by atoms with Gasteiger partial charge in [-0.1, -0.05) is 84.9 Å². The van der Waals surface area contributed by atoms with E-state index in [4.69, 9.17) is 4.74 Å². The van der Waals surface area contributed by atoms with Crippen molar-refractivity contribution in [1.82, 2.24) is 5.32 Å². The van der Waals surface area contributed by atoms with Crippen molar-refractivity contribution in [3.05, 3.63) is 114 Å². The third-order valence-electron chi connectivity index (χ3n) is 4.87. The molecule has 1 amide bonds. The number of rotatable bonds is 6. The van der Waals surface area contributed by atoms with E-state index in [-0.39, 0.29) is 5.91 Å². The third-order valence-corrected chi connectivity index (χ3v) is 4.87. The normalized spacial score (nSPS) is 11.6. The minimum Gasteiger partial charge on any atom is -0.424 e. The lowest BCUT2D eigenvalue weighted by molar-refractivity contribution is -0.136. The molecule has 0 aliphatic carbocycles. The first-order valence-electron chi connectivity index (χ1n) is 9.80. The molecule has 0 radical (unpaired) electrons. The molecule has 0 heterocycles. The lowest BCUT2D eigenvalue weighted by Crippen LogP contribution is -2.44. The van der Waals surface area contributed by atoms with Gasteiger partial charge in [0.1, 0.15) is 11.8 Å². The number of fused-ring (bicyclic) bond motifs is 1. The van der Waals surface area contributed by atoms with Crippen molar-refractivity contribution < 1.29 is 14.3 Å². The Morgan fingerprint density at radius 3 is 2.13 bits per heavy atom. The molecule has 4 aromatic carbocycles. The smallest absolute Gasteiger partial charge is 0.334 e. The molecular formula is C26H21NO3. The highest BCUT2D eigenvalue weighted by Crippen LogP contribution is 2.25. The fourth-order valence-corrected chi connectivity index (χ4v) is 3.34. The summed E-state index contributed by atoms with van der Waals surface area (Å²) in [5.74, 6) is -0.337. The van der Waals surface area contributed by atoms with Crippen LogP contribution in [0.5, 0.6) is 5.75 Å². The van der Waals surface area contributed by atoms with E-state index in [1.165, 1.54) is 0 Å². The van der Waals surface area contributed by atoms with Crippen molar-refractivity contribution in [2.75, 3.05) is 0 Å². The molecule has 148 valence electrons. The minimum absolute atomic E-state index is 0.314. The standard InChI is InChI=1S/C26H21NO3/c28-25(21-13-5-2-6-14-21)27-23(18-19-10-3-1-4-11-19)26(29)30-24-17-9-15-20-12-7-8-16-22(20)24/h1-17,23H,18H2,(H,27,28)/t23-/m0/s1. The highest BCUT2D eigenvalue weighted by molar-refractivity contribution is 5.97. The van der Waals surface area contributed by atoms with Crippen LogP contribution in [0.2, 0.25) is 0 Å². The number of benzene rings is 4. The van der Waals surface area contributed by atoms with Gasteiger partial charge in [-0.05, 0) is 29.1 Å². The molecule has 0 saturated carbocycles. The van der Waals surface area contributed by atoms with Gasteiger partial charge in [-0.3, -0.25) is 4.79 Å². The molecule has 0 spiro atoms. The molecule has 4 heteroatoms. The molecule has 0 saturated heterocycles. The van der Waals surface area contributed by atoms with E-state index >= 15 is 0 Å². The fourth-order valence-electron chi connectivity index (χ4n) is 3.34. The molecule has 0 unspecified atom stereocenters. The molecule has 4 nitrogen and oxygen atoms in total. The Labute approximate surface area is 175 Å². The van der Waals surface area contributed by atoms with Gasteiger partial charge >= 0.3 is 5.97 Å². The second kappa shape index (κ2) is 9.05. The zero-order valence-electron chi connectivity index (χ0n) is 16.3. The number of carbonyl (C=O) groups excluding carboxylic acids is 2. The van der Waals surface area contributed by atoms with E-state index in [2.05, 4.69) is 5.32 Å². The molecule has 30 heavy (non-hydrogen) atoms. The maximum atomic E-state index is 13.1. The Kier molecular flexibility index (Phi) is 5.85. The SMILES string of the molecule is O=C(N[C@@H](Cc1ccccc1)C(=O)Oc1cccc2ccccc12)c1ccccc1. The first-order chi connectivity index (χ1) is 14.7. The van der Waals surface area contributed by atoms with Gasteiger partial charge in [-0.2, -0.15) is 0 Å². The van der Waals surface area contributed by atoms with Crippen molar-refractivity contribution >= 4 is 22.6 Å². The number of hydrogen-bond donors (Lipinski definition) is 1. The summed E-state index contributed by atoms with van der Waals surface area (Å²) in [7, 11) is 0. The van der Waals surface area contributed by atoms with E-state index in [9.17, 15) is 9.59 Å². The van der Waals surface area contributed by atoms with Crippen LogP contribution in [0.15, 0.2) is 103 Å². The number of esters is 1. The lowest BCUT2D eigenvalue weighted by atomic mass is 10.1. The summed E-state index contributed by atoms with van der Waals surface area (Å²) in [5.41, 5.74) is 1.43. The number of amides is 1. The first-order valence-corrected chi connectivity index (χ1v) is 9.80. The highest BCUT2D eigenvalue weighted by atomic mass is 16.5. The molecule has 0 aromatic heterocycles. The van der Waals surface area contributed by atoms with Crippen LogP contribution in [0.3, 0.4) is 0 Å². The quantitative estimate of drug-likeness (QED) is 0.377. The van der Waals surface area contributed by atoms with E-state index in [0.717, 1.165) is 16.3 Å². The molecule has 0 fully saturated rings. The number of hydrogen-bond acceptors (Lipinski definition) is 3. The van der Waals surface area contributed by atoms with Gasteiger partial charge in [0.2, 0.25) is 0 Å². The average molecular weight is 395 g/mol. The summed E-state index contributed by atoms with van der Waals surface area (Å²) in [4.78, 5) is 25.8. The highest BCUT2D eigenvalue weighted by Gasteiger charge is 2.24. The monoisotopic (exact) mass is 395 g/mol. The molecule has 0 aliphatic heterocycles. The van der Waals surface area contributed by atoms with Crippen molar-refractivity contribution in [3.8, 4) is 5.75 Å². The van der Waals surface area contributed by atoms with E-state index in [1.807, 2.05) is 72.8 Å². The van der Waals surface area contributed by atoms with Crippen LogP contribution >= 0.6 is 0 Å². The number of carbonyl (C=O) groups is 2. The zero-order valence-corrected chi connectivity index (χ0v) is 16.3. The maximum Gasteiger partial charge on any atom is 0.334 e.